The standard InChI is InChI=1S/C9H19N3O4Si/c1-4-6-15-8(13)7(12-9(10)11)17(14-3)16-5-2/h4,7,17H,1,5-6H2,2-3H3,(H4,10,11,12). The van der Waals surface area contributed by atoms with Gasteiger partial charge in [0.15, 0.2) is 11.6 Å². The topological polar surface area (TPSA) is 107 Å². The maximum atomic E-state index is 11.7. The van der Waals surface area contributed by atoms with Crippen molar-refractivity contribution in [2.24, 2.45) is 5.73 Å². The number of carbonyl (C=O) groups excluding carboxylic acids is 1. The summed E-state index contributed by atoms with van der Waals surface area (Å²) in [6.07, 6.45) is 1.45. The van der Waals surface area contributed by atoms with Crippen LogP contribution in [0, 0.1) is 5.41 Å². The molecular weight excluding hydrogens is 242 g/mol. The molecule has 0 aliphatic heterocycles. The van der Waals surface area contributed by atoms with E-state index in [0.29, 0.717) is 6.61 Å². The number of carbonyl (C=O) groups is 1. The van der Waals surface area contributed by atoms with E-state index in [9.17, 15) is 4.79 Å². The fourth-order valence-electron chi connectivity index (χ4n) is 1.10. The predicted molar refractivity (Wildman–Crippen MR) is 65.8 cm³/mol. The molecule has 0 spiro atoms. The molecule has 0 rings (SSSR count). The highest BCUT2D eigenvalue weighted by molar-refractivity contribution is 6.52. The van der Waals surface area contributed by atoms with Crippen molar-refractivity contribution in [2.45, 2.75) is 12.6 Å². The van der Waals surface area contributed by atoms with Crippen molar-refractivity contribution in [3.8, 4) is 0 Å². The lowest BCUT2D eigenvalue weighted by Crippen LogP contribution is -2.55. The first-order valence-corrected chi connectivity index (χ1v) is 6.70. The minimum Gasteiger partial charge on any atom is -0.460 e. The van der Waals surface area contributed by atoms with E-state index in [2.05, 4.69) is 11.9 Å². The maximum absolute atomic E-state index is 11.7. The Hall–Kier alpha value is -1.38. The van der Waals surface area contributed by atoms with Gasteiger partial charge in [-0.1, -0.05) is 12.7 Å². The third-order valence-electron chi connectivity index (χ3n) is 1.74. The van der Waals surface area contributed by atoms with Gasteiger partial charge in [-0.25, -0.2) is 4.79 Å². The zero-order valence-corrected chi connectivity index (χ0v) is 11.2. The molecule has 7 nitrogen and oxygen atoms in total. The fraction of sp³-hybridized carbons (Fsp3) is 0.556. The molecule has 0 aliphatic rings. The summed E-state index contributed by atoms with van der Waals surface area (Å²) < 4.78 is 15.3. The van der Waals surface area contributed by atoms with Crippen LogP contribution in [-0.4, -0.2) is 47.2 Å². The Bertz CT molecular complexity index is 275. The van der Waals surface area contributed by atoms with E-state index >= 15 is 0 Å². The van der Waals surface area contributed by atoms with Crippen LogP contribution in [0.15, 0.2) is 12.7 Å². The first-order chi connectivity index (χ1) is 8.06. The summed E-state index contributed by atoms with van der Waals surface area (Å²) in [6.45, 7) is 5.73. The molecule has 0 aromatic carbocycles. The monoisotopic (exact) mass is 261 g/mol. The molecule has 0 fully saturated rings. The van der Waals surface area contributed by atoms with Crippen molar-refractivity contribution in [2.75, 3.05) is 20.3 Å². The third kappa shape index (κ3) is 6.05. The Morgan fingerprint density at radius 2 is 2.35 bits per heavy atom. The summed E-state index contributed by atoms with van der Waals surface area (Å²) in [5.41, 5.74) is 4.35. The van der Waals surface area contributed by atoms with E-state index < -0.39 is 20.9 Å². The molecule has 0 saturated carbocycles. The highest BCUT2D eigenvalue weighted by atomic mass is 28.3. The molecule has 17 heavy (non-hydrogen) atoms. The average Bonchev–Trinajstić information content (AvgIpc) is 2.30. The minimum atomic E-state index is -2.33. The molecule has 0 saturated heterocycles. The normalized spacial score (nSPS) is 13.5. The van der Waals surface area contributed by atoms with Crippen LogP contribution in [0.3, 0.4) is 0 Å². The first-order valence-electron chi connectivity index (χ1n) is 5.09. The van der Waals surface area contributed by atoms with E-state index in [-0.39, 0.29) is 12.6 Å². The van der Waals surface area contributed by atoms with Crippen LogP contribution in [0.4, 0.5) is 0 Å². The van der Waals surface area contributed by atoms with Crippen molar-refractivity contribution in [1.82, 2.24) is 5.32 Å². The minimum absolute atomic E-state index is 0.0892. The van der Waals surface area contributed by atoms with Crippen molar-refractivity contribution in [1.29, 1.82) is 5.41 Å². The lowest BCUT2D eigenvalue weighted by Gasteiger charge is -2.23. The van der Waals surface area contributed by atoms with Crippen molar-refractivity contribution in [3.63, 3.8) is 0 Å². The van der Waals surface area contributed by atoms with E-state index in [1.54, 1.807) is 6.92 Å². The molecule has 8 heteroatoms. The Morgan fingerprint density at radius 1 is 1.71 bits per heavy atom. The zero-order valence-electron chi connectivity index (χ0n) is 10.1. The second-order valence-corrected chi connectivity index (χ2v) is 5.22. The number of nitrogens with one attached hydrogen (secondary N) is 2. The number of hydrogen-bond acceptors (Lipinski definition) is 5. The van der Waals surface area contributed by atoms with Crippen LogP contribution in [-0.2, 0) is 18.4 Å². The summed E-state index contributed by atoms with van der Waals surface area (Å²) in [5, 5.41) is 9.63. The average molecular weight is 261 g/mol. The highest BCUT2D eigenvalue weighted by Crippen LogP contribution is 1.99. The van der Waals surface area contributed by atoms with E-state index in [4.69, 9.17) is 24.7 Å². The van der Waals surface area contributed by atoms with Crippen LogP contribution in [0.2, 0.25) is 0 Å². The van der Waals surface area contributed by atoms with Gasteiger partial charge in [-0.15, -0.1) is 0 Å². The molecule has 0 aromatic heterocycles. The molecular formula is C9H19N3O4Si. The van der Waals surface area contributed by atoms with Crippen LogP contribution in [0.5, 0.6) is 0 Å². The molecule has 2 unspecified atom stereocenters. The lowest BCUT2D eigenvalue weighted by molar-refractivity contribution is -0.143. The smallest absolute Gasteiger partial charge is 0.356 e. The maximum Gasteiger partial charge on any atom is 0.356 e. The van der Waals surface area contributed by atoms with Crippen LogP contribution in [0.25, 0.3) is 0 Å². The zero-order chi connectivity index (χ0) is 13.3. The lowest BCUT2D eigenvalue weighted by atomic mass is 10.6. The van der Waals surface area contributed by atoms with Gasteiger partial charge >= 0.3 is 15.3 Å². The fourth-order valence-corrected chi connectivity index (χ4v) is 2.66. The van der Waals surface area contributed by atoms with E-state index in [1.807, 2.05) is 0 Å². The SMILES string of the molecule is C=CCOC(=O)C(NC(=N)N)[SiH](OC)OCC. The summed E-state index contributed by atoms with van der Waals surface area (Å²) in [6, 6.07) is 0. The molecule has 0 radical (unpaired) electrons. The number of nitrogens with two attached hydrogens (primary N) is 1. The summed E-state index contributed by atoms with van der Waals surface area (Å²) in [4.78, 5) is 11.7. The Labute approximate surface area is 102 Å². The molecule has 98 valence electrons. The van der Waals surface area contributed by atoms with Crippen LogP contribution in [0.1, 0.15) is 6.92 Å². The van der Waals surface area contributed by atoms with E-state index in [1.165, 1.54) is 13.2 Å². The van der Waals surface area contributed by atoms with Crippen LogP contribution < -0.4 is 11.1 Å². The predicted octanol–water partition coefficient (Wildman–Crippen LogP) is -0.990. The summed E-state index contributed by atoms with van der Waals surface area (Å²) in [7, 11) is -0.879. The Kier molecular flexibility index (Phi) is 8.02. The van der Waals surface area contributed by atoms with Gasteiger partial charge in [-0.3, -0.25) is 5.41 Å². The van der Waals surface area contributed by atoms with Gasteiger partial charge in [0.25, 0.3) is 0 Å². The largest absolute Gasteiger partial charge is 0.460 e. The molecule has 0 aliphatic carbocycles. The molecule has 0 heterocycles. The van der Waals surface area contributed by atoms with Crippen molar-refractivity contribution in [3.05, 3.63) is 12.7 Å². The van der Waals surface area contributed by atoms with E-state index in [0.717, 1.165) is 0 Å². The van der Waals surface area contributed by atoms with Gasteiger partial charge < -0.3 is 24.6 Å². The summed E-state index contributed by atoms with van der Waals surface area (Å²) in [5.74, 6) is -0.896. The van der Waals surface area contributed by atoms with Gasteiger partial charge in [-0.05, 0) is 6.92 Å². The van der Waals surface area contributed by atoms with Crippen molar-refractivity contribution >= 4 is 21.2 Å². The Balaban J connectivity index is 4.63. The van der Waals surface area contributed by atoms with Gasteiger partial charge in [0.1, 0.15) is 6.61 Å². The first kappa shape index (κ1) is 15.6. The van der Waals surface area contributed by atoms with Gasteiger partial charge in [-0.2, -0.15) is 0 Å². The molecule has 0 amide bonds. The van der Waals surface area contributed by atoms with Crippen LogP contribution >= 0.6 is 0 Å². The number of hydrogen-bond donors (Lipinski definition) is 3. The number of rotatable bonds is 8. The number of ether oxygens (including phenoxy) is 1. The highest BCUT2D eigenvalue weighted by Gasteiger charge is 2.33. The molecule has 0 aromatic rings. The van der Waals surface area contributed by atoms with Gasteiger partial charge in [0.05, 0.1) is 0 Å². The Morgan fingerprint density at radius 3 is 2.76 bits per heavy atom. The molecule has 2 atom stereocenters. The quantitative estimate of drug-likeness (QED) is 0.170. The molecule has 0 bridgehead atoms. The van der Waals surface area contributed by atoms with Crippen molar-refractivity contribution < 1.29 is 18.4 Å². The van der Waals surface area contributed by atoms with Gasteiger partial charge in [0, 0.05) is 13.7 Å². The summed E-state index contributed by atoms with van der Waals surface area (Å²) >= 11 is 0. The number of esters is 1. The van der Waals surface area contributed by atoms with Gasteiger partial charge in [0.2, 0.25) is 0 Å². The second-order valence-electron chi connectivity index (χ2n) is 3.01. The third-order valence-corrected chi connectivity index (χ3v) is 3.85. The molecule has 4 N–H and O–H groups in total. The second kappa shape index (κ2) is 8.73. The number of guanidine groups is 1.